The number of hydrogen-bond acceptors (Lipinski definition) is 4. The highest BCUT2D eigenvalue weighted by Gasteiger charge is 2.44. The van der Waals surface area contributed by atoms with Gasteiger partial charge in [0.15, 0.2) is 5.76 Å². The van der Waals surface area contributed by atoms with E-state index in [0.29, 0.717) is 11.4 Å². The van der Waals surface area contributed by atoms with Crippen LogP contribution in [0.1, 0.15) is 22.5 Å². The van der Waals surface area contributed by atoms with Crippen LogP contribution in [-0.4, -0.2) is 35.2 Å². The molecule has 1 aliphatic heterocycles. The molecule has 1 atom stereocenters. The van der Waals surface area contributed by atoms with Crippen LogP contribution in [-0.2, 0) is 16.0 Å². The number of carbonyl (C=O) groups is 3. The summed E-state index contributed by atoms with van der Waals surface area (Å²) in [5.74, 6) is -1.88. The van der Waals surface area contributed by atoms with Gasteiger partial charge in [0.25, 0.3) is 11.8 Å². The van der Waals surface area contributed by atoms with Gasteiger partial charge in [-0.25, -0.2) is 9.29 Å². The number of anilines is 1. The Morgan fingerprint density at radius 2 is 1.90 bits per heavy atom. The molecule has 8 heteroatoms. The number of hydrogen-bond donors (Lipinski definition) is 0. The molecule has 2 heterocycles. The van der Waals surface area contributed by atoms with Crippen molar-refractivity contribution in [3.63, 3.8) is 0 Å². The fourth-order valence-corrected chi connectivity index (χ4v) is 3.82. The lowest BCUT2D eigenvalue weighted by atomic mass is 10.1. The number of benzene rings is 2. The molecule has 1 aromatic heterocycles. The predicted molar refractivity (Wildman–Crippen MR) is 112 cm³/mol. The Morgan fingerprint density at radius 1 is 1.13 bits per heavy atom. The van der Waals surface area contributed by atoms with Crippen LogP contribution < -0.4 is 4.90 Å². The van der Waals surface area contributed by atoms with Crippen LogP contribution in [0.25, 0.3) is 0 Å². The van der Waals surface area contributed by atoms with Gasteiger partial charge in [-0.1, -0.05) is 23.7 Å². The summed E-state index contributed by atoms with van der Waals surface area (Å²) in [6.07, 6.45) is 1.63. The maximum atomic E-state index is 13.3. The Balaban J connectivity index is 1.61. The van der Waals surface area contributed by atoms with Gasteiger partial charge in [-0.15, -0.1) is 0 Å². The molecule has 1 saturated heterocycles. The Hall–Kier alpha value is -3.45. The SMILES string of the molecule is O=C1CC(N(CCc2cccc(Cl)c2)C(=O)c2ccco2)C(=O)N1c1ccc(F)cc1. The Morgan fingerprint density at radius 3 is 2.58 bits per heavy atom. The smallest absolute Gasteiger partial charge is 0.290 e. The molecule has 0 aliphatic carbocycles. The molecule has 1 aliphatic rings. The summed E-state index contributed by atoms with van der Waals surface area (Å²) in [5, 5.41) is 0.566. The van der Waals surface area contributed by atoms with E-state index in [1.807, 2.05) is 6.07 Å². The largest absolute Gasteiger partial charge is 0.459 e. The van der Waals surface area contributed by atoms with Gasteiger partial charge < -0.3 is 9.32 Å². The van der Waals surface area contributed by atoms with Crippen LogP contribution in [0.15, 0.2) is 71.3 Å². The van der Waals surface area contributed by atoms with Gasteiger partial charge in [-0.3, -0.25) is 14.4 Å². The van der Waals surface area contributed by atoms with Gasteiger partial charge in [0.1, 0.15) is 11.9 Å². The van der Waals surface area contributed by atoms with Gasteiger partial charge >= 0.3 is 0 Å². The molecule has 1 unspecified atom stereocenters. The maximum absolute atomic E-state index is 13.3. The first-order chi connectivity index (χ1) is 14.9. The third kappa shape index (κ3) is 4.36. The average Bonchev–Trinajstić information content (AvgIpc) is 3.38. The Labute approximate surface area is 182 Å². The van der Waals surface area contributed by atoms with E-state index in [-0.39, 0.29) is 24.4 Å². The second-order valence-corrected chi connectivity index (χ2v) is 7.56. The zero-order valence-corrected chi connectivity index (χ0v) is 17.1. The monoisotopic (exact) mass is 440 g/mol. The van der Waals surface area contributed by atoms with Gasteiger partial charge in [0.05, 0.1) is 18.4 Å². The van der Waals surface area contributed by atoms with Crippen molar-refractivity contribution in [3.8, 4) is 0 Å². The standard InChI is InChI=1S/C23H18ClFN2O4/c24-16-4-1-3-15(13-16)10-11-26(23(30)20-5-2-12-31-20)19-14-21(28)27(22(19)29)18-8-6-17(25)7-9-18/h1-9,12-13,19H,10-11,14H2. The van der Waals surface area contributed by atoms with Crippen molar-refractivity contribution < 1.29 is 23.2 Å². The van der Waals surface area contributed by atoms with Crippen LogP contribution in [0.2, 0.25) is 5.02 Å². The van der Waals surface area contributed by atoms with E-state index in [9.17, 15) is 18.8 Å². The third-order valence-corrected chi connectivity index (χ3v) is 5.34. The number of furan rings is 1. The molecular formula is C23H18ClFN2O4. The first-order valence-electron chi connectivity index (χ1n) is 9.65. The van der Waals surface area contributed by atoms with Crippen molar-refractivity contribution in [2.45, 2.75) is 18.9 Å². The summed E-state index contributed by atoms with van der Waals surface area (Å²) in [7, 11) is 0. The highest BCUT2D eigenvalue weighted by Crippen LogP contribution is 2.27. The molecule has 1 fully saturated rings. The Kier molecular flexibility index (Phi) is 5.86. The van der Waals surface area contributed by atoms with E-state index >= 15 is 0 Å². The quantitative estimate of drug-likeness (QED) is 0.541. The molecule has 3 amide bonds. The zero-order chi connectivity index (χ0) is 22.0. The van der Waals surface area contributed by atoms with Crippen molar-refractivity contribution in [1.82, 2.24) is 4.90 Å². The van der Waals surface area contributed by atoms with Gasteiger partial charge in [0.2, 0.25) is 5.91 Å². The molecule has 4 rings (SSSR count). The lowest BCUT2D eigenvalue weighted by Crippen LogP contribution is -2.46. The first-order valence-corrected chi connectivity index (χ1v) is 10.0. The average molecular weight is 441 g/mol. The van der Waals surface area contributed by atoms with Crippen molar-refractivity contribution in [3.05, 3.63) is 89.1 Å². The summed E-state index contributed by atoms with van der Waals surface area (Å²) in [5.41, 5.74) is 1.15. The van der Waals surface area contributed by atoms with E-state index in [2.05, 4.69) is 0 Å². The first kappa shape index (κ1) is 20.8. The molecule has 6 nitrogen and oxygen atoms in total. The molecule has 0 N–H and O–H groups in total. The summed E-state index contributed by atoms with van der Waals surface area (Å²) in [6, 6.07) is 14.4. The summed E-state index contributed by atoms with van der Waals surface area (Å²) in [6.45, 7) is 0.181. The predicted octanol–water partition coefficient (Wildman–Crippen LogP) is 4.09. The molecule has 3 aromatic rings. The number of amides is 3. The van der Waals surface area contributed by atoms with Gasteiger partial charge in [0, 0.05) is 11.6 Å². The number of rotatable bonds is 6. The number of carbonyl (C=O) groups excluding carboxylic acids is 3. The number of halogens is 2. The van der Waals surface area contributed by atoms with E-state index in [1.165, 1.54) is 41.5 Å². The third-order valence-electron chi connectivity index (χ3n) is 5.11. The highest BCUT2D eigenvalue weighted by atomic mass is 35.5. The van der Waals surface area contributed by atoms with Crippen LogP contribution in [0.5, 0.6) is 0 Å². The summed E-state index contributed by atoms with van der Waals surface area (Å²) >= 11 is 6.04. The molecule has 2 aromatic carbocycles. The van der Waals surface area contributed by atoms with Gasteiger partial charge in [-0.05, 0) is 60.5 Å². The molecule has 0 saturated carbocycles. The number of imide groups is 1. The Bertz CT molecular complexity index is 1110. The lowest BCUT2D eigenvalue weighted by Gasteiger charge is -2.27. The maximum Gasteiger partial charge on any atom is 0.290 e. The van der Waals surface area contributed by atoms with Crippen LogP contribution in [0, 0.1) is 5.82 Å². The molecule has 158 valence electrons. The van der Waals surface area contributed by atoms with Crippen LogP contribution in [0.4, 0.5) is 10.1 Å². The van der Waals surface area contributed by atoms with Crippen LogP contribution in [0.3, 0.4) is 0 Å². The lowest BCUT2D eigenvalue weighted by molar-refractivity contribution is -0.122. The molecular weight excluding hydrogens is 423 g/mol. The van der Waals surface area contributed by atoms with Crippen molar-refractivity contribution >= 4 is 35.0 Å². The zero-order valence-electron chi connectivity index (χ0n) is 16.3. The minimum atomic E-state index is -0.991. The topological polar surface area (TPSA) is 70.8 Å². The van der Waals surface area contributed by atoms with E-state index < -0.39 is 29.6 Å². The second kappa shape index (κ2) is 8.73. The molecule has 31 heavy (non-hydrogen) atoms. The van der Waals surface area contributed by atoms with E-state index in [4.69, 9.17) is 16.0 Å². The normalized spacial score (nSPS) is 16.1. The van der Waals surface area contributed by atoms with Crippen molar-refractivity contribution in [2.75, 3.05) is 11.4 Å². The van der Waals surface area contributed by atoms with Crippen molar-refractivity contribution in [2.24, 2.45) is 0 Å². The number of nitrogens with zero attached hydrogens (tertiary/aromatic N) is 2. The van der Waals surface area contributed by atoms with Crippen LogP contribution >= 0.6 is 11.6 Å². The fraction of sp³-hybridized carbons (Fsp3) is 0.174. The summed E-state index contributed by atoms with van der Waals surface area (Å²) in [4.78, 5) is 41.2. The fourth-order valence-electron chi connectivity index (χ4n) is 3.60. The van der Waals surface area contributed by atoms with E-state index in [1.54, 1.807) is 24.3 Å². The van der Waals surface area contributed by atoms with Gasteiger partial charge in [-0.2, -0.15) is 0 Å². The van der Waals surface area contributed by atoms with Crippen molar-refractivity contribution in [1.29, 1.82) is 0 Å². The summed E-state index contributed by atoms with van der Waals surface area (Å²) < 4.78 is 18.5. The van der Waals surface area contributed by atoms with E-state index in [0.717, 1.165) is 10.5 Å². The minimum Gasteiger partial charge on any atom is -0.459 e. The molecule has 0 spiro atoms. The molecule has 0 bridgehead atoms. The highest BCUT2D eigenvalue weighted by molar-refractivity contribution is 6.30. The second-order valence-electron chi connectivity index (χ2n) is 7.12. The molecule has 0 radical (unpaired) electrons. The minimum absolute atomic E-state index is 0.0755.